The Morgan fingerprint density at radius 2 is 2.12 bits per heavy atom. The number of rotatable bonds is 4. The molecule has 0 amide bonds. The first-order chi connectivity index (χ1) is 8.33. The van der Waals surface area contributed by atoms with E-state index < -0.39 is 0 Å². The second kappa shape index (κ2) is 4.91. The average molecular weight is 270 g/mol. The summed E-state index contributed by atoms with van der Waals surface area (Å²) in [5.74, 6) is 2.81. The van der Waals surface area contributed by atoms with Gasteiger partial charge in [0, 0.05) is 10.9 Å². The molecule has 1 nitrogen and oxygen atoms in total. The molecule has 2 fully saturated rings. The molecular weight excluding hydrogens is 250 g/mol. The van der Waals surface area contributed by atoms with Crippen LogP contribution in [0.1, 0.15) is 43.5 Å². The van der Waals surface area contributed by atoms with Crippen LogP contribution in [0.15, 0.2) is 11.4 Å². The summed E-state index contributed by atoms with van der Waals surface area (Å²) >= 11 is 8.13. The van der Waals surface area contributed by atoms with Crippen molar-refractivity contribution in [2.24, 2.45) is 17.8 Å². The Labute approximate surface area is 113 Å². The van der Waals surface area contributed by atoms with Gasteiger partial charge >= 0.3 is 0 Å². The molecule has 0 bridgehead atoms. The van der Waals surface area contributed by atoms with Gasteiger partial charge in [-0.15, -0.1) is 11.3 Å². The van der Waals surface area contributed by atoms with Crippen LogP contribution in [0.25, 0.3) is 0 Å². The van der Waals surface area contributed by atoms with E-state index >= 15 is 0 Å². The minimum Gasteiger partial charge on any atom is -0.309 e. The minimum absolute atomic E-state index is 0.514. The van der Waals surface area contributed by atoms with E-state index in [1.165, 1.54) is 30.6 Å². The molecule has 1 aromatic rings. The summed E-state index contributed by atoms with van der Waals surface area (Å²) in [5, 5.41) is 6.75. The number of nitrogens with one attached hydrogen (secondary N) is 1. The van der Waals surface area contributed by atoms with E-state index in [1.54, 1.807) is 0 Å². The molecule has 2 aliphatic rings. The Bertz CT molecular complexity index is 377. The molecule has 1 N–H and O–H groups in total. The molecule has 3 unspecified atom stereocenters. The van der Waals surface area contributed by atoms with Crippen LogP contribution in [-0.4, -0.2) is 6.54 Å². The molecule has 17 heavy (non-hydrogen) atoms. The summed E-state index contributed by atoms with van der Waals surface area (Å²) in [5.41, 5.74) is 0. The summed E-state index contributed by atoms with van der Waals surface area (Å²) in [6, 6.07) is 2.55. The molecule has 3 atom stereocenters. The van der Waals surface area contributed by atoms with Gasteiger partial charge < -0.3 is 5.32 Å². The number of halogens is 1. The van der Waals surface area contributed by atoms with Crippen LogP contribution in [0.4, 0.5) is 0 Å². The highest BCUT2D eigenvalue weighted by Gasteiger charge is 2.54. The van der Waals surface area contributed by atoms with E-state index in [-0.39, 0.29) is 0 Å². The van der Waals surface area contributed by atoms with Crippen molar-refractivity contribution in [3.63, 3.8) is 0 Å². The first kappa shape index (κ1) is 12.0. The number of fused-ring (bicyclic) bond motifs is 1. The van der Waals surface area contributed by atoms with Crippen LogP contribution >= 0.6 is 22.9 Å². The first-order valence-corrected chi connectivity index (χ1v) is 8.05. The monoisotopic (exact) mass is 269 g/mol. The maximum atomic E-state index is 6.31. The maximum Gasteiger partial charge on any atom is 0.0561 e. The van der Waals surface area contributed by atoms with Crippen LogP contribution < -0.4 is 5.32 Å². The second-order valence-corrected chi connectivity index (χ2v) is 6.71. The van der Waals surface area contributed by atoms with E-state index in [1.807, 2.05) is 17.4 Å². The van der Waals surface area contributed by atoms with Gasteiger partial charge in [-0.2, -0.15) is 0 Å². The van der Waals surface area contributed by atoms with Crippen molar-refractivity contribution in [2.75, 3.05) is 6.54 Å². The zero-order valence-corrected chi connectivity index (χ0v) is 11.9. The topological polar surface area (TPSA) is 12.0 Å². The van der Waals surface area contributed by atoms with Gasteiger partial charge in [0.25, 0.3) is 0 Å². The van der Waals surface area contributed by atoms with Crippen LogP contribution in [0.3, 0.4) is 0 Å². The Kier molecular flexibility index (Phi) is 3.47. The van der Waals surface area contributed by atoms with Crippen molar-refractivity contribution in [3.05, 3.63) is 21.3 Å². The fraction of sp³-hybridized carbons (Fsp3) is 0.714. The summed E-state index contributed by atoms with van der Waals surface area (Å²) in [6.07, 6.45) is 5.77. The lowest BCUT2D eigenvalue weighted by Gasteiger charge is -2.17. The quantitative estimate of drug-likeness (QED) is 0.849. The number of hydrogen-bond acceptors (Lipinski definition) is 2. The maximum absolute atomic E-state index is 6.31. The van der Waals surface area contributed by atoms with Gasteiger partial charge in [-0.3, -0.25) is 0 Å². The van der Waals surface area contributed by atoms with Crippen LogP contribution in [0.2, 0.25) is 5.02 Å². The Morgan fingerprint density at radius 1 is 1.41 bits per heavy atom. The molecule has 1 aromatic heterocycles. The molecule has 0 aromatic carbocycles. The molecule has 0 spiro atoms. The largest absolute Gasteiger partial charge is 0.309 e. The molecule has 0 aliphatic heterocycles. The van der Waals surface area contributed by atoms with Crippen molar-refractivity contribution in [3.8, 4) is 0 Å². The fourth-order valence-electron chi connectivity index (χ4n) is 3.69. The van der Waals surface area contributed by atoms with Crippen molar-refractivity contribution >= 4 is 22.9 Å². The third-order valence-corrected chi connectivity index (χ3v) is 5.90. The van der Waals surface area contributed by atoms with Crippen LogP contribution in [-0.2, 0) is 0 Å². The summed E-state index contributed by atoms with van der Waals surface area (Å²) < 4.78 is 0. The highest BCUT2D eigenvalue weighted by atomic mass is 35.5. The van der Waals surface area contributed by atoms with Gasteiger partial charge in [-0.1, -0.05) is 31.4 Å². The minimum atomic E-state index is 0.514. The molecule has 3 rings (SSSR count). The van der Waals surface area contributed by atoms with Gasteiger partial charge in [0.15, 0.2) is 0 Å². The summed E-state index contributed by atoms with van der Waals surface area (Å²) in [7, 11) is 0. The Hall–Kier alpha value is -0.0500. The lowest BCUT2D eigenvalue weighted by molar-refractivity contribution is 0.463. The van der Waals surface area contributed by atoms with Crippen molar-refractivity contribution in [2.45, 2.75) is 38.6 Å². The third-order valence-electron chi connectivity index (χ3n) is 4.46. The average Bonchev–Trinajstić information content (AvgIpc) is 2.91. The Morgan fingerprint density at radius 3 is 2.65 bits per heavy atom. The van der Waals surface area contributed by atoms with Gasteiger partial charge in [-0.05, 0) is 48.6 Å². The van der Waals surface area contributed by atoms with E-state index in [9.17, 15) is 0 Å². The van der Waals surface area contributed by atoms with Crippen LogP contribution in [0, 0.1) is 17.8 Å². The SMILES string of the molecule is CCNC(c1sccc1Cl)C1C2CCCCC21. The molecule has 3 heteroatoms. The highest BCUT2D eigenvalue weighted by molar-refractivity contribution is 7.10. The number of hydrogen-bond donors (Lipinski definition) is 1. The van der Waals surface area contributed by atoms with E-state index in [4.69, 9.17) is 11.6 Å². The summed E-state index contributed by atoms with van der Waals surface area (Å²) in [4.78, 5) is 1.37. The Balaban J connectivity index is 1.79. The lowest BCUT2D eigenvalue weighted by Crippen LogP contribution is -2.23. The van der Waals surface area contributed by atoms with Crippen molar-refractivity contribution in [1.82, 2.24) is 5.32 Å². The van der Waals surface area contributed by atoms with Crippen molar-refractivity contribution < 1.29 is 0 Å². The number of thiophene rings is 1. The smallest absolute Gasteiger partial charge is 0.0561 e. The molecule has 2 aliphatic carbocycles. The lowest BCUT2D eigenvalue weighted by atomic mass is 10.0. The fourth-order valence-corrected chi connectivity index (χ4v) is 5.00. The zero-order valence-electron chi connectivity index (χ0n) is 10.3. The van der Waals surface area contributed by atoms with Gasteiger partial charge in [0.2, 0.25) is 0 Å². The molecule has 1 heterocycles. The third kappa shape index (κ3) is 2.16. The molecular formula is C14H20ClNS. The van der Waals surface area contributed by atoms with E-state index in [2.05, 4.69) is 17.6 Å². The highest BCUT2D eigenvalue weighted by Crippen LogP contribution is 2.61. The predicted octanol–water partition coefficient (Wildman–Crippen LogP) is 4.49. The molecule has 94 valence electrons. The standard InChI is InChI=1S/C14H20ClNS/c1-2-16-13(14-11(15)7-8-17-14)12-9-5-3-4-6-10(9)12/h7-10,12-13,16H,2-6H2,1H3. The normalized spacial score (nSPS) is 33.2. The molecule has 2 saturated carbocycles. The van der Waals surface area contributed by atoms with E-state index in [0.717, 1.165) is 29.3 Å². The first-order valence-electron chi connectivity index (χ1n) is 6.79. The van der Waals surface area contributed by atoms with Gasteiger partial charge in [0.05, 0.1) is 5.02 Å². The second-order valence-electron chi connectivity index (χ2n) is 5.36. The molecule has 0 radical (unpaired) electrons. The van der Waals surface area contributed by atoms with Gasteiger partial charge in [0.1, 0.15) is 0 Å². The van der Waals surface area contributed by atoms with Crippen molar-refractivity contribution in [1.29, 1.82) is 0 Å². The predicted molar refractivity (Wildman–Crippen MR) is 74.7 cm³/mol. The van der Waals surface area contributed by atoms with Crippen LogP contribution in [0.5, 0.6) is 0 Å². The summed E-state index contributed by atoms with van der Waals surface area (Å²) in [6.45, 7) is 3.23. The zero-order chi connectivity index (χ0) is 11.8. The van der Waals surface area contributed by atoms with Gasteiger partial charge in [-0.25, -0.2) is 0 Å². The molecule has 0 saturated heterocycles. The van der Waals surface area contributed by atoms with E-state index in [0.29, 0.717) is 6.04 Å².